The van der Waals surface area contributed by atoms with Crippen molar-refractivity contribution in [1.29, 1.82) is 0 Å². The number of fused-ring (bicyclic) bond motifs is 1. The molecule has 0 amide bonds. The number of hydrogen-bond donors (Lipinski definition) is 2. The summed E-state index contributed by atoms with van der Waals surface area (Å²) in [5.41, 5.74) is 6.52. The highest BCUT2D eigenvalue weighted by Gasteiger charge is 2.15. The fourth-order valence-corrected chi connectivity index (χ4v) is 3.81. The van der Waals surface area contributed by atoms with E-state index in [4.69, 9.17) is 0 Å². The molecule has 2 nitrogen and oxygen atoms in total. The van der Waals surface area contributed by atoms with Gasteiger partial charge in [-0.05, 0) is 49.5 Å². The maximum absolute atomic E-state index is 9.38. The molecule has 4 aromatic rings. The molecule has 0 fully saturated rings. The van der Waals surface area contributed by atoms with Gasteiger partial charge in [-0.1, -0.05) is 106 Å². The zero-order valence-electron chi connectivity index (χ0n) is 17.1. The molecule has 0 atom stereocenters. The van der Waals surface area contributed by atoms with Gasteiger partial charge in [0, 0.05) is 0 Å². The lowest BCUT2D eigenvalue weighted by atomic mass is 9.79. The summed E-state index contributed by atoms with van der Waals surface area (Å²) >= 11 is 0. The van der Waals surface area contributed by atoms with Crippen LogP contribution in [-0.2, 0) is 5.41 Å². The Morgan fingerprint density at radius 3 is 1.55 bits per heavy atom. The van der Waals surface area contributed by atoms with Crippen molar-refractivity contribution in [1.82, 2.24) is 0 Å². The molecule has 3 heteroatoms. The number of benzene rings is 4. The SMILES string of the molecule is CC(C)(C)c1ccc(-c2cccc3cccc(-c4ccc(B(O)O)cc4)c23)cc1. The van der Waals surface area contributed by atoms with Crippen LogP contribution in [0.4, 0.5) is 0 Å². The first-order valence-corrected chi connectivity index (χ1v) is 9.94. The van der Waals surface area contributed by atoms with Gasteiger partial charge in [0.1, 0.15) is 0 Å². The van der Waals surface area contributed by atoms with Crippen molar-refractivity contribution in [3.8, 4) is 22.3 Å². The minimum atomic E-state index is -1.45. The fourth-order valence-electron chi connectivity index (χ4n) is 3.81. The van der Waals surface area contributed by atoms with Gasteiger partial charge in [0.25, 0.3) is 0 Å². The van der Waals surface area contributed by atoms with Crippen molar-refractivity contribution in [2.45, 2.75) is 26.2 Å². The van der Waals surface area contributed by atoms with E-state index in [1.807, 2.05) is 12.1 Å². The molecule has 0 heterocycles. The summed E-state index contributed by atoms with van der Waals surface area (Å²) in [5, 5.41) is 21.2. The van der Waals surface area contributed by atoms with Crippen LogP contribution < -0.4 is 5.46 Å². The third-order valence-corrected chi connectivity index (χ3v) is 5.49. The smallest absolute Gasteiger partial charge is 0.423 e. The van der Waals surface area contributed by atoms with Gasteiger partial charge in [0.2, 0.25) is 0 Å². The van der Waals surface area contributed by atoms with Crippen LogP contribution in [0.15, 0.2) is 84.9 Å². The summed E-state index contributed by atoms with van der Waals surface area (Å²) < 4.78 is 0. The maximum atomic E-state index is 9.38. The van der Waals surface area contributed by atoms with Crippen LogP contribution in [0.25, 0.3) is 33.0 Å². The second-order valence-electron chi connectivity index (χ2n) is 8.53. The predicted molar refractivity (Wildman–Crippen MR) is 123 cm³/mol. The van der Waals surface area contributed by atoms with Crippen LogP contribution in [0.1, 0.15) is 26.3 Å². The van der Waals surface area contributed by atoms with Crippen molar-refractivity contribution in [2.24, 2.45) is 0 Å². The van der Waals surface area contributed by atoms with Crippen molar-refractivity contribution < 1.29 is 10.0 Å². The first kappa shape index (κ1) is 19.4. The van der Waals surface area contributed by atoms with Gasteiger partial charge in [-0.15, -0.1) is 0 Å². The van der Waals surface area contributed by atoms with E-state index < -0.39 is 7.12 Å². The Bertz CT molecular complexity index is 1130. The zero-order valence-corrected chi connectivity index (χ0v) is 17.1. The van der Waals surface area contributed by atoms with Crippen LogP contribution in [0.2, 0.25) is 0 Å². The molecule has 144 valence electrons. The van der Waals surface area contributed by atoms with Crippen molar-refractivity contribution in [2.75, 3.05) is 0 Å². The quantitative estimate of drug-likeness (QED) is 0.483. The summed E-state index contributed by atoms with van der Waals surface area (Å²) in [5.74, 6) is 0. The van der Waals surface area contributed by atoms with E-state index in [9.17, 15) is 10.0 Å². The summed E-state index contributed by atoms with van der Waals surface area (Å²) in [4.78, 5) is 0. The first-order chi connectivity index (χ1) is 13.8. The fraction of sp³-hybridized carbons (Fsp3) is 0.154. The average molecular weight is 380 g/mol. The van der Waals surface area contributed by atoms with Gasteiger partial charge in [0.15, 0.2) is 0 Å². The van der Waals surface area contributed by atoms with Crippen LogP contribution in [0.5, 0.6) is 0 Å². The predicted octanol–water partition coefficient (Wildman–Crippen LogP) is 5.15. The molecule has 0 saturated carbocycles. The van der Waals surface area contributed by atoms with Crippen molar-refractivity contribution >= 4 is 23.4 Å². The van der Waals surface area contributed by atoms with Gasteiger partial charge in [-0.3, -0.25) is 0 Å². The van der Waals surface area contributed by atoms with Crippen LogP contribution in [0, 0.1) is 0 Å². The highest BCUT2D eigenvalue weighted by atomic mass is 16.4. The highest BCUT2D eigenvalue weighted by molar-refractivity contribution is 6.58. The van der Waals surface area contributed by atoms with Gasteiger partial charge < -0.3 is 10.0 Å². The van der Waals surface area contributed by atoms with Crippen molar-refractivity contribution in [3.63, 3.8) is 0 Å². The zero-order chi connectivity index (χ0) is 20.6. The first-order valence-electron chi connectivity index (χ1n) is 9.94. The highest BCUT2D eigenvalue weighted by Crippen LogP contribution is 2.37. The lowest BCUT2D eigenvalue weighted by molar-refractivity contribution is 0.426. The lowest BCUT2D eigenvalue weighted by Gasteiger charge is -2.19. The van der Waals surface area contributed by atoms with Crippen LogP contribution in [0.3, 0.4) is 0 Å². The Hall–Kier alpha value is -2.88. The molecule has 29 heavy (non-hydrogen) atoms. The second-order valence-corrected chi connectivity index (χ2v) is 8.53. The third kappa shape index (κ3) is 3.84. The Balaban J connectivity index is 1.88. The minimum Gasteiger partial charge on any atom is -0.423 e. The summed E-state index contributed by atoms with van der Waals surface area (Å²) in [6, 6.07) is 29.0. The minimum absolute atomic E-state index is 0.126. The Labute approximate surface area is 172 Å². The van der Waals surface area contributed by atoms with Gasteiger partial charge in [-0.2, -0.15) is 0 Å². The molecule has 0 aromatic heterocycles. The van der Waals surface area contributed by atoms with E-state index in [1.54, 1.807) is 12.1 Å². The van der Waals surface area contributed by atoms with Gasteiger partial charge in [0.05, 0.1) is 0 Å². The normalized spacial score (nSPS) is 11.6. The number of rotatable bonds is 3. The molecule has 0 aliphatic carbocycles. The third-order valence-electron chi connectivity index (χ3n) is 5.49. The molecule has 4 aromatic carbocycles. The molecule has 0 aliphatic rings. The van der Waals surface area contributed by atoms with Crippen LogP contribution >= 0.6 is 0 Å². The molecular weight excluding hydrogens is 355 g/mol. The van der Waals surface area contributed by atoms with Crippen molar-refractivity contribution in [3.05, 3.63) is 90.5 Å². The molecular formula is C26H25BO2. The number of hydrogen-bond acceptors (Lipinski definition) is 2. The molecule has 0 radical (unpaired) electrons. The maximum Gasteiger partial charge on any atom is 0.488 e. The Kier molecular flexibility index (Phi) is 5.04. The molecule has 0 bridgehead atoms. The van der Waals surface area contributed by atoms with Gasteiger partial charge in [-0.25, -0.2) is 0 Å². The second kappa shape index (κ2) is 7.51. The van der Waals surface area contributed by atoms with E-state index in [-0.39, 0.29) is 5.41 Å². The van der Waals surface area contributed by atoms with Crippen LogP contribution in [-0.4, -0.2) is 17.2 Å². The lowest BCUT2D eigenvalue weighted by Crippen LogP contribution is -2.29. The average Bonchev–Trinajstić information content (AvgIpc) is 2.72. The van der Waals surface area contributed by atoms with E-state index in [0.717, 1.165) is 11.1 Å². The Morgan fingerprint density at radius 2 is 1.10 bits per heavy atom. The summed E-state index contributed by atoms with van der Waals surface area (Å²) in [7, 11) is -1.45. The summed E-state index contributed by atoms with van der Waals surface area (Å²) in [6.45, 7) is 6.68. The van der Waals surface area contributed by atoms with E-state index in [2.05, 4.69) is 81.4 Å². The monoisotopic (exact) mass is 380 g/mol. The molecule has 0 spiro atoms. The molecule has 4 rings (SSSR count). The molecule has 0 unspecified atom stereocenters. The molecule has 0 aliphatic heterocycles. The largest absolute Gasteiger partial charge is 0.488 e. The topological polar surface area (TPSA) is 40.5 Å². The van der Waals surface area contributed by atoms with E-state index in [0.29, 0.717) is 5.46 Å². The van der Waals surface area contributed by atoms with E-state index in [1.165, 1.54) is 27.5 Å². The van der Waals surface area contributed by atoms with Gasteiger partial charge >= 0.3 is 7.12 Å². The summed E-state index contributed by atoms with van der Waals surface area (Å²) in [6.07, 6.45) is 0. The molecule has 2 N–H and O–H groups in total. The molecule has 0 saturated heterocycles. The standard InChI is InChI=1S/C26H25BO2/c1-26(2,3)21-14-10-18(11-15-21)23-8-4-6-20-7-5-9-24(25(20)23)19-12-16-22(17-13-19)27(28)29/h4-17,28-29H,1-3H3. The van der Waals surface area contributed by atoms with E-state index >= 15 is 0 Å². The Morgan fingerprint density at radius 1 is 0.621 bits per heavy atom.